The van der Waals surface area contributed by atoms with Crippen LogP contribution in [0.1, 0.15) is 18.1 Å². The van der Waals surface area contributed by atoms with Gasteiger partial charge < -0.3 is 9.84 Å². The van der Waals surface area contributed by atoms with Gasteiger partial charge >= 0.3 is 0 Å². The first-order chi connectivity index (χ1) is 6.27. The van der Waals surface area contributed by atoms with Crippen molar-refractivity contribution in [2.45, 2.75) is 12.5 Å². The van der Waals surface area contributed by atoms with Crippen LogP contribution in [0.3, 0.4) is 0 Å². The molecule has 1 aromatic rings. The van der Waals surface area contributed by atoms with E-state index in [0.717, 1.165) is 11.3 Å². The van der Waals surface area contributed by atoms with Crippen LogP contribution in [0.15, 0.2) is 30.3 Å². The largest absolute Gasteiger partial charge is 0.497 e. The Balaban J connectivity index is 2.73. The second-order valence-corrected chi connectivity index (χ2v) is 2.76. The maximum absolute atomic E-state index is 9.53. The van der Waals surface area contributed by atoms with Crippen molar-refractivity contribution in [3.8, 4) is 5.75 Å². The fourth-order valence-electron chi connectivity index (χ4n) is 1.09. The van der Waals surface area contributed by atoms with Crippen LogP contribution in [0.5, 0.6) is 5.75 Å². The molecule has 13 heavy (non-hydrogen) atoms. The molecular formula is C11H13O2. The highest BCUT2D eigenvalue weighted by molar-refractivity contribution is 5.28. The Labute approximate surface area is 78.5 Å². The van der Waals surface area contributed by atoms with E-state index in [0.29, 0.717) is 6.42 Å². The fraction of sp³-hybridized carbons (Fsp3) is 0.273. The van der Waals surface area contributed by atoms with Gasteiger partial charge in [0.25, 0.3) is 0 Å². The van der Waals surface area contributed by atoms with Crippen molar-refractivity contribution in [1.82, 2.24) is 0 Å². The van der Waals surface area contributed by atoms with Gasteiger partial charge in [-0.3, -0.25) is 0 Å². The second kappa shape index (κ2) is 4.67. The lowest BCUT2D eigenvalue weighted by atomic mass is 10.1. The maximum atomic E-state index is 9.53. The third kappa shape index (κ3) is 2.60. The summed E-state index contributed by atoms with van der Waals surface area (Å²) in [6, 6.07) is 7.28. The van der Waals surface area contributed by atoms with E-state index in [1.807, 2.05) is 24.3 Å². The molecule has 1 N–H and O–H groups in total. The molecule has 1 aromatic carbocycles. The first-order valence-corrected chi connectivity index (χ1v) is 4.13. The van der Waals surface area contributed by atoms with Gasteiger partial charge in [0.05, 0.1) is 13.2 Å². The Morgan fingerprint density at radius 2 is 2.08 bits per heavy atom. The molecule has 0 spiro atoms. The molecule has 1 radical (unpaired) electrons. The Morgan fingerprint density at radius 3 is 2.54 bits per heavy atom. The number of ether oxygens (including phenoxy) is 1. The Kier molecular flexibility index (Phi) is 3.53. The molecule has 2 nitrogen and oxygen atoms in total. The minimum Gasteiger partial charge on any atom is -0.497 e. The molecule has 0 amide bonds. The molecule has 0 heterocycles. The third-order valence-corrected chi connectivity index (χ3v) is 1.86. The number of hydrogen-bond acceptors (Lipinski definition) is 2. The maximum Gasteiger partial charge on any atom is 0.118 e. The first-order valence-electron chi connectivity index (χ1n) is 4.13. The third-order valence-electron chi connectivity index (χ3n) is 1.86. The van der Waals surface area contributed by atoms with Gasteiger partial charge in [0.15, 0.2) is 0 Å². The van der Waals surface area contributed by atoms with Gasteiger partial charge in [0.2, 0.25) is 0 Å². The van der Waals surface area contributed by atoms with E-state index in [1.54, 1.807) is 7.11 Å². The van der Waals surface area contributed by atoms with E-state index in [1.165, 1.54) is 6.08 Å². The quantitative estimate of drug-likeness (QED) is 0.763. The van der Waals surface area contributed by atoms with Crippen molar-refractivity contribution < 1.29 is 9.84 Å². The minimum atomic E-state index is -0.518. The van der Waals surface area contributed by atoms with Gasteiger partial charge in [-0.1, -0.05) is 24.8 Å². The minimum absolute atomic E-state index is 0.465. The molecule has 0 aliphatic rings. The van der Waals surface area contributed by atoms with Gasteiger partial charge in [0, 0.05) is 0 Å². The van der Waals surface area contributed by atoms with Crippen LogP contribution in [0.25, 0.3) is 0 Å². The molecule has 0 unspecified atom stereocenters. The molecule has 2 heteroatoms. The lowest BCUT2D eigenvalue weighted by molar-refractivity contribution is 0.181. The van der Waals surface area contributed by atoms with Crippen molar-refractivity contribution in [2.75, 3.05) is 7.11 Å². The molecule has 1 atom stereocenters. The van der Waals surface area contributed by atoms with Gasteiger partial charge in [-0.25, -0.2) is 0 Å². The van der Waals surface area contributed by atoms with Crippen LogP contribution in [0.2, 0.25) is 0 Å². The van der Waals surface area contributed by atoms with Crippen LogP contribution in [0, 0.1) is 6.58 Å². The van der Waals surface area contributed by atoms with E-state index >= 15 is 0 Å². The summed E-state index contributed by atoms with van der Waals surface area (Å²) < 4.78 is 4.99. The topological polar surface area (TPSA) is 29.5 Å². The van der Waals surface area contributed by atoms with Crippen molar-refractivity contribution >= 4 is 0 Å². The molecule has 1 rings (SSSR count). The Hall–Kier alpha value is -1.28. The van der Waals surface area contributed by atoms with Crippen LogP contribution < -0.4 is 4.74 Å². The summed E-state index contributed by atoms with van der Waals surface area (Å²) in [6.07, 6.45) is 1.40. The van der Waals surface area contributed by atoms with E-state index in [2.05, 4.69) is 0 Å². The number of hydrogen-bond donors (Lipinski definition) is 1. The van der Waals surface area contributed by atoms with Gasteiger partial charge in [-0.05, 0) is 24.1 Å². The second-order valence-electron chi connectivity index (χ2n) is 2.76. The van der Waals surface area contributed by atoms with Gasteiger partial charge in [-0.15, -0.1) is 0 Å². The highest BCUT2D eigenvalue weighted by Gasteiger charge is 2.04. The average molecular weight is 177 g/mol. The molecule has 0 saturated heterocycles. The van der Waals surface area contributed by atoms with Gasteiger partial charge in [-0.2, -0.15) is 0 Å². The highest BCUT2D eigenvalue weighted by atomic mass is 16.5. The smallest absolute Gasteiger partial charge is 0.118 e. The van der Waals surface area contributed by atoms with Crippen LogP contribution >= 0.6 is 0 Å². The predicted octanol–water partition coefficient (Wildman–Crippen LogP) is 2.11. The summed E-state index contributed by atoms with van der Waals surface area (Å²) in [4.78, 5) is 0. The Bertz CT molecular complexity index is 264. The zero-order valence-corrected chi connectivity index (χ0v) is 7.60. The van der Waals surface area contributed by atoms with Crippen molar-refractivity contribution in [3.63, 3.8) is 0 Å². The molecular weight excluding hydrogens is 164 g/mol. The van der Waals surface area contributed by atoms with Gasteiger partial charge in [0.1, 0.15) is 5.75 Å². The lowest BCUT2D eigenvalue weighted by Crippen LogP contribution is -1.95. The summed E-state index contributed by atoms with van der Waals surface area (Å²) >= 11 is 0. The van der Waals surface area contributed by atoms with E-state index < -0.39 is 6.10 Å². The standard InChI is InChI=1S/C11H13O2/c1-3-4-11(12)9-5-7-10(13-2)8-6-9/h1,3,5-8,11-12H,4H2,2H3/t11-/m1/s1. The van der Waals surface area contributed by atoms with Crippen molar-refractivity contribution in [1.29, 1.82) is 0 Å². The zero-order valence-electron chi connectivity index (χ0n) is 7.60. The zero-order chi connectivity index (χ0) is 9.68. The van der Waals surface area contributed by atoms with Crippen molar-refractivity contribution in [3.05, 3.63) is 42.5 Å². The number of benzene rings is 1. The summed E-state index contributed by atoms with van der Waals surface area (Å²) in [5.74, 6) is 0.785. The molecule has 0 aliphatic carbocycles. The van der Waals surface area contributed by atoms with Crippen LogP contribution in [-0.4, -0.2) is 12.2 Å². The SMILES string of the molecule is [CH]=CC[C@@H](O)c1ccc(OC)cc1. The van der Waals surface area contributed by atoms with E-state index in [-0.39, 0.29) is 0 Å². The molecule has 0 saturated carbocycles. The molecule has 69 valence electrons. The fourth-order valence-corrected chi connectivity index (χ4v) is 1.09. The highest BCUT2D eigenvalue weighted by Crippen LogP contribution is 2.19. The predicted molar refractivity (Wildman–Crippen MR) is 51.4 cm³/mol. The Morgan fingerprint density at radius 1 is 1.46 bits per heavy atom. The summed E-state index contributed by atoms with van der Waals surface area (Å²) in [5, 5.41) is 9.53. The average Bonchev–Trinajstić information content (AvgIpc) is 2.18. The number of aliphatic hydroxyl groups is 1. The van der Waals surface area contributed by atoms with Crippen LogP contribution in [-0.2, 0) is 0 Å². The number of rotatable bonds is 4. The van der Waals surface area contributed by atoms with E-state index in [4.69, 9.17) is 11.3 Å². The molecule has 0 bridgehead atoms. The van der Waals surface area contributed by atoms with E-state index in [9.17, 15) is 5.11 Å². The molecule has 0 fully saturated rings. The molecule has 0 aromatic heterocycles. The number of methoxy groups -OCH3 is 1. The van der Waals surface area contributed by atoms with Crippen molar-refractivity contribution in [2.24, 2.45) is 0 Å². The summed E-state index contributed by atoms with van der Waals surface area (Å²) in [5.41, 5.74) is 0.850. The lowest BCUT2D eigenvalue weighted by Gasteiger charge is -2.08. The monoisotopic (exact) mass is 177 g/mol. The first kappa shape index (κ1) is 9.81. The number of aliphatic hydroxyl groups excluding tert-OH is 1. The normalized spacial score (nSPS) is 12.2. The summed E-state index contributed by atoms with van der Waals surface area (Å²) in [6.45, 7) is 5.21. The summed E-state index contributed by atoms with van der Waals surface area (Å²) in [7, 11) is 1.61. The van der Waals surface area contributed by atoms with Crippen LogP contribution in [0.4, 0.5) is 0 Å². The molecule has 0 aliphatic heterocycles.